The molecule has 1 saturated heterocycles. The van der Waals surface area contributed by atoms with Crippen LogP contribution in [0.4, 0.5) is 0 Å². The van der Waals surface area contributed by atoms with E-state index in [1.165, 1.54) is 13.1 Å². The molecule has 1 aliphatic heterocycles. The van der Waals surface area contributed by atoms with Crippen LogP contribution in [-0.2, 0) is 0 Å². The minimum atomic E-state index is 0.635. The fourth-order valence-corrected chi connectivity index (χ4v) is 1.48. The highest BCUT2D eigenvalue weighted by molar-refractivity contribution is 14.1. The van der Waals surface area contributed by atoms with Gasteiger partial charge in [0.15, 0.2) is 0 Å². The Morgan fingerprint density at radius 2 is 2.12 bits per heavy atom. The van der Waals surface area contributed by atoms with Crippen molar-refractivity contribution < 1.29 is 0 Å². The molecule has 0 radical (unpaired) electrons. The molecule has 1 aliphatic rings. The summed E-state index contributed by atoms with van der Waals surface area (Å²) in [6, 6.07) is 0. The fourth-order valence-electron chi connectivity index (χ4n) is 0.841. The van der Waals surface area contributed by atoms with Gasteiger partial charge in [-0.2, -0.15) is 0 Å². The molecule has 0 saturated carbocycles. The first-order chi connectivity index (χ1) is 3.72. The van der Waals surface area contributed by atoms with Crippen LogP contribution >= 0.6 is 22.9 Å². The third kappa shape index (κ3) is 1.14. The van der Waals surface area contributed by atoms with Gasteiger partial charge in [-0.25, -0.2) is 3.11 Å². The van der Waals surface area contributed by atoms with Gasteiger partial charge in [0, 0.05) is 36.0 Å². The lowest BCUT2D eigenvalue weighted by Gasteiger charge is -2.17. The molecule has 0 spiro atoms. The smallest absolute Gasteiger partial charge is 0.0683 e. The highest BCUT2D eigenvalue weighted by Crippen LogP contribution is 2.15. The highest BCUT2D eigenvalue weighted by atomic mass is 127. The van der Waals surface area contributed by atoms with E-state index in [0.29, 0.717) is 6.17 Å². The lowest BCUT2D eigenvalue weighted by atomic mass is 10.6. The van der Waals surface area contributed by atoms with Gasteiger partial charge >= 0.3 is 0 Å². The molecule has 0 aliphatic carbocycles. The number of halogens is 1. The van der Waals surface area contributed by atoms with E-state index in [1.807, 2.05) is 0 Å². The number of nitrogens with zero attached hydrogens (tertiary/aromatic N) is 2. The Morgan fingerprint density at radius 3 is 2.25 bits per heavy atom. The molecular formula is C5H11IN2. The Labute approximate surface area is 64.3 Å². The van der Waals surface area contributed by atoms with Crippen molar-refractivity contribution in [3.63, 3.8) is 0 Å². The maximum atomic E-state index is 2.36. The molecule has 0 N–H and O–H groups in total. The molecule has 1 rings (SSSR count). The summed E-state index contributed by atoms with van der Waals surface area (Å²) < 4.78 is 2.32. The first-order valence-corrected chi connectivity index (χ1v) is 3.81. The predicted octanol–water partition coefficient (Wildman–Crippen LogP) is 0.930. The maximum Gasteiger partial charge on any atom is 0.0683 e. The van der Waals surface area contributed by atoms with Crippen LogP contribution < -0.4 is 0 Å². The van der Waals surface area contributed by atoms with Crippen LogP contribution in [0, 0.1) is 0 Å². The van der Waals surface area contributed by atoms with Gasteiger partial charge in [0.2, 0.25) is 0 Å². The topological polar surface area (TPSA) is 6.48 Å². The van der Waals surface area contributed by atoms with Gasteiger partial charge in [0.1, 0.15) is 0 Å². The third-order valence-corrected chi connectivity index (χ3v) is 3.00. The molecule has 0 bridgehead atoms. The maximum absolute atomic E-state index is 2.36. The van der Waals surface area contributed by atoms with Gasteiger partial charge in [-0.3, -0.25) is 4.90 Å². The molecule has 1 heterocycles. The molecule has 8 heavy (non-hydrogen) atoms. The van der Waals surface area contributed by atoms with Crippen LogP contribution in [0.3, 0.4) is 0 Å². The number of rotatable bonds is 0. The molecule has 3 heteroatoms. The Hall–Kier alpha value is 0.650. The molecule has 0 aromatic carbocycles. The standard InChI is InChI=1S/C5H11IN2/c1-5-7(2)3-4-8(5)6/h5H,3-4H2,1-2H3. The minimum absolute atomic E-state index is 0.635. The van der Waals surface area contributed by atoms with Crippen molar-refractivity contribution in [2.45, 2.75) is 13.1 Å². The average Bonchev–Trinajstić information content (AvgIpc) is 1.98. The second-order valence-electron chi connectivity index (χ2n) is 2.24. The molecular weight excluding hydrogens is 215 g/mol. The van der Waals surface area contributed by atoms with E-state index in [0.717, 1.165) is 0 Å². The summed E-state index contributed by atoms with van der Waals surface area (Å²) in [5.41, 5.74) is 0. The summed E-state index contributed by atoms with van der Waals surface area (Å²) in [6.07, 6.45) is 0.635. The second-order valence-corrected chi connectivity index (χ2v) is 3.48. The van der Waals surface area contributed by atoms with Crippen molar-refractivity contribution in [3.8, 4) is 0 Å². The van der Waals surface area contributed by atoms with E-state index in [-0.39, 0.29) is 0 Å². The molecule has 0 aromatic rings. The van der Waals surface area contributed by atoms with Crippen LogP contribution in [0.2, 0.25) is 0 Å². The largest absolute Gasteiger partial charge is 0.289 e. The zero-order valence-corrected chi connectivity index (χ0v) is 7.42. The van der Waals surface area contributed by atoms with Crippen molar-refractivity contribution in [2.75, 3.05) is 20.1 Å². The van der Waals surface area contributed by atoms with Gasteiger partial charge in [0.05, 0.1) is 6.17 Å². The fraction of sp³-hybridized carbons (Fsp3) is 1.00. The second kappa shape index (κ2) is 2.49. The van der Waals surface area contributed by atoms with Crippen molar-refractivity contribution >= 4 is 22.9 Å². The number of hydrogen-bond acceptors (Lipinski definition) is 2. The molecule has 1 unspecified atom stereocenters. The summed E-state index contributed by atoms with van der Waals surface area (Å²) in [5.74, 6) is 0. The van der Waals surface area contributed by atoms with E-state index in [4.69, 9.17) is 0 Å². The lowest BCUT2D eigenvalue weighted by molar-refractivity contribution is 0.276. The molecule has 2 nitrogen and oxygen atoms in total. The van der Waals surface area contributed by atoms with Crippen LogP contribution in [0.25, 0.3) is 0 Å². The SMILES string of the molecule is CC1N(C)CCN1I. The van der Waals surface area contributed by atoms with E-state index in [2.05, 4.69) is 44.8 Å². The summed E-state index contributed by atoms with van der Waals surface area (Å²) >= 11 is 2.36. The molecule has 1 atom stereocenters. The highest BCUT2D eigenvalue weighted by Gasteiger charge is 2.21. The van der Waals surface area contributed by atoms with E-state index < -0.39 is 0 Å². The van der Waals surface area contributed by atoms with Crippen LogP contribution in [0.1, 0.15) is 6.92 Å². The van der Waals surface area contributed by atoms with Crippen LogP contribution in [0.5, 0.6) is 0 Å². The molecule has 1 fully saturated rings. The Balaban J connectivity index is 2.44. The summed E-state index contributed by atoms with van der Waals surface area (Å²) in [5, 5.41) is 0. The van der Waals surface area contributed by atoms with Crippen molar-refractivity contribution in [2.24, 2.45) is 0 Å². The minimum Gasteiger partial charge on any atom is -0.289 e. The van der Waals surface area contributed by atoms with Gasteiger partial charge in [0.25, 0.3) is 0 Å². The van der Waals surface area contributed by atoms with Gasteiger partial charge in [-0.05, 0) is 14.0 Å². The average molecular weight is 226 g/mol. The lowest BCUT2D eigenvalue weighted by Crippen LogP contribution is -2.27. The normalized spacial score (nSPS) is 34.1. The summed E-state index contributed by atoms with van der Waals surface area (Å²) in [4.78, 5) is 2.34. The van der Waals surface area contributed by atoms with E-state index in [9.17, 15) is 0 Å². The van der Waals surface area contributed by atoms with Crippen molar-refractivity contribution in [1.29, 1.82) is 0 Å². The number of likely N-dealkylation sites (N-methyl/N-ethyl adjacent to an activating group) is 1. The Morgan fingerprint density at radius 1 is 1.50 bits per heavy atom. The van der Waals surface area contributed by atoms with E-state index >= 15 is 0 Å². The summed E-state index contributed by atoms with van der Waals surface area (Å²) in [7, 11) is 2.16. The molecule has 0 amide bonds. The zero-order chi connectivity index (χ0) is 6.15. The predicted molar refractivity (Wildman–Crippen MR) is 42.8 cm³/mol. The first kappa shape index (κ1) is 6.77. The third-order valence-electron chi connectivity index (χ3n) is 1.71. The monoisotopic (exact) mass is 226 g/mol. The van der Waals surface area contributed by atoms with Crippen LogP contribution in [-0.4, -0.2) is 34.3 Å². The molecule has 0 aromatic heterocycles. The zero-order valence-electron chi connectivity index (χ0n) is 5.26. The van der Waals surface area contributed by atoms with Gasteiger partial charge < -0.3 is 0 Å². The molecule has 48 valence electrons. The summed E-state index contributed by atoms with van der Waals surface area (Å²) in [6.45, 7) is 4.64. The van der Waals surface area contributed by atoms with Crippen molar-refractivity contribution in [1.82, 2.24) is 8.01 Å². The Bertz CT molecular complexity index is 76.5. The first-order valence-electron chi connectivity index (χ1n) is 2.84. The Kier molecular flexibility index (Phi) is 2.11. The van der Waals surface area contributed by atoms with Gasteiger partial charge in [-0.15, -0.1) is 0 Å². The van der Waals surface area contributed by atoms with Crippen molar-refractivity contribution in [3.05, 3.63) is 0 Å². The number of hydrogen-bond donors (Lipinski definition) is 0. The van der Waals surface area contributed by atoms with Gasteiger partial charge in [-0.1, -0.05) is 0 Å². The van der Waals surface area contributed by atoms with Crippen LogP contribution in [0.15, 0.2) is 0 Å². The quantitative estimate of drug-likeness (QED) is 0.447. The van der Waals surface area contributed by atoms with E-state index in [1.54, 1.807) is 0 Å².